The van der Waals surface area contributed by atoms with Gasteiger partial charge in [0.2, 0.25) is 11.9 Å². The fourth-order valence-electron chi connectivity index (χ4n) is 3.72. The Balaban J connectivity index is 1.70. The van der Waals surface area contributed by atoms with E-state index in [1.54, 1.807) is 24.4 Å². The van der Waals surface area contributed by atoms with Crippen LogP contribution in [0.5, 0.6) is 0 Å². The van der Waals surface area contributed by atoms with Gasteiger partial charge in [0.15, 0.2) is 5.82 Å². The molecule has 1 fully saturated rings. The summed E-state index contributed by atoms with van der Waals surface area (Å²) in [5.74, 6) is 1.06. The highest BCUT2D eigenvalue weighted by Gasteiger charge is 2.24. The SMILES string of the molecule is CC(=O)NC1CCCN(c2nc(Nc3cc(N)cc(C#N)c3)nc3cccnc23)C1. The van der Waals surface area contributed by atoms with Gasteiger partial charge in [-0.1, -0.05) is 0 Å². The monoisotopic (exact) mass is 402 g/mol. The van der Waals surface area contributed by atoms with Gasteiger partial charge in [0.05, 0.1) is 17.1 Å². The first kappa shape index (κ1) is 19.4. The molecule has 30 heavy (non-hydrogen) atoms. The van der Waals surface area contributed by atoms with Crippen LogP contribution >= 0.6 is 0 Å². The predicted octanol–water partition coefficient (Wildman–Crippen LogP) is 2.33. The lowest BCUT2D eigenvalue weighted by Crippen LogP contribution is -2.47. The molecule has 1 aliphatic rings. The molecule has 0 aliphatic carbocycles. The number of carbonyl (C=O) groups excluding carboxylic acids is 1. The van der Waals surface area contributed by atoms with Crippen LogP contribution < -0.4 is 21.3 Å². The number of fused-ring (bicyclic) bond motifs is 1. The molecule has 9 heteroatoms. The number of aromatic nitrogens is 3. The number of nitrogens with one attached hydrogen (secondary N) is 2. The second-order valence-electron chi connectivity index (χ2n) is 7.31. The third-order valence-electron chi connectivity index (χ3n) is 4.91. The van der Waals surface area contributed by atoms with Gasteiger partial charge < -0.3 is 21.3 Å². The van der Waals surface area contributed by atoms with Crippen LogP contribution in [-0.2, 0) is 4.79 Å². The first-order valence-electron chi connectivity index (χ1n) is 9.74. The zero-order chi connectivity index (χ0) is 21.1. The topological polar surface area (TPSA) is 133 Å². The Hall–Kier alpha value is -3.93. The summed E-state index contributed by atoms with van der Waals surface area (Å²) in [7, 11) is 0. The molecule has 4 N–H and O–H groups in total. The Labute approximate surface area is 173 Å². The van der Waals surface area contributed by atoms with Crippen LogP contribution in [0, 0.1) is 11.3 Å². The number of amides is 1. The number of hydrogen-bond donors (Lipinski definition) is 3. The molecule has 1 saturated heterocycles. The lowest BCUT2D eigenvalue weighted by atomic mass is 10.1. The highest BCUT2D eigenvalue weighted by atomic mass is 16.1. The van der Waals surface area contributed by atoms with E-state index >= 15 is 0 Å². The number of nitrogen functional groups attached to an aromatic ring is 1. The van der Waals surface area contributed by atoms with Gasteiger partial charge in [-0.3, -0.25) is 9.78 Å². The van der Waals surface area contributed by atoms with Gasteiger partial charge in [-0.25, -0.2) is 4.98 Å². The number of benzene rings is 1. The maximum absolute atomic E-state index is 11.5. The predicted molar refractivity (Wildman–Crippen MR) is 115 cm³/mol. The molecule has 1 unspecified atom stereocenters. The molecule has 3 aromatic rings. The molecular formula is C21H22N8O. The van der Waals surface area contributed by atoms with Crippen molar-refractivity contribution in [2.45, 2.75) is 25.8 Å². The minimum atomic E-state index is -0.0372. The van der Waals surface area contributed by atoms with Crippen LogP contribution in [-0.4, -0.2) is 40.0 Å². The highest BCUT2D eigenvalue weighted by molar-refractivity contribution is 5.87. The standard InChI is InChI=1S/C21H22N8O/c1-13(30)25-16-4-3-7-29(12-16)20-19-18(5-2-6-24-19)27-21(28-20)26-17-9-14(11-22)8-15(23)10-17/h2,5-6,8-10,16H,3-4,7,12,23H2,1H3,(H,25,30)(H,26,27,28). The van der Waals surface area contributed by atoms with Crippen LogP contribution in [0.2, 0.25) is 0 Å². The third-order valence-corrected chi connectivity index (χ3v) is 4.91. The number of piperidine rings is 1. The molecule has 4 rings (SSSR count). The summed E-state index contributed by atoms with van der Waals surface area (Å²) < 4.78 is 0. The van der Waals surface area contributed by atoms with Gasteiger partial charge in [-0.05, 0) is 43.2 Å². The Bertz CT molecular complexity index is 1140. The second-order valence-corrected chi connectivity index (χ2v) is 7.31. The fourth-order valence-corrected chi connectivity index (χ4v) is 3.72. The van der Waals surface area contributed by atoms with Crippen LogP contribution in [0.3, 0.4) is 0 Å². The van der Waals surface area contributed by atoms with Crippen molar-refractivity contribution in [2.24, 2.45) is 0 Å². The molecule has 1 aliphatic heterocycles. The average molecular weight is 402 g/mol. The summed E-state index contributed by atoms with van der Waals surface area (Å²) in [6.45, 7) is 3.00. The zero-order valence-electron chi connectivity index (χ0n) is 16.6. The van der Waals surface area contributed by atoms with Gasteiger partial charge >= 0.3 is 0 Å². The lowest BCUT2D eigenvalue weighted by molar-refractivity contribution is -0.119. The Morgan fingerprint density at radius 3 is 3.00 bits per heavy atom. The average Bonchev–Trinajstić information content (AvgIpc) is 2.72. The van der Waals surface area contributed by atoms with Crippen molar-refractivity contribution in [2.75, 3.05) is 29.0 Å². The number of carbonyl (C=O) groups is 1. The van der Waals surface area contributed by atoms with Crippen LogP contribution in [0.4, 0.5) is 23.1 Å². The molecule has 2 aromatic heterocycles. The van der Waals surface area contributed by atoms with Crippen molar-refractivity contribution in [1.29, 1.82) is 5.26 Å². The van der Waals surface area contributed by atoms with Gasteiger partial charge in [0, 0.05) is 43.6 Å². The van der Waals surface area contributed by atoms with Crippen molar-refractivity contribution in [3.63, 3.8) is 0 Å². The van der Waals surface area contributed by atoms with Crippen molar-refractivity contribution in [3.05, 3.63) is 42.1 Å². The molecule has 0 saturated carbocycles. The third kappa shape index (κ3) is 4.22. The molecular weight excluding hydrogens is 380 g/mol. The van der Waals surface area contributed by atoms with Crippen molar-refractivity contribution in [1.82, 2.24) is 20.3 Å². The van der Waals surface area contributed by atoms with Gasteiger partial charge in [0.1, 0.15) is 5.52 Å². The molecule has 1 amide bonds. The van der Waals surface area contributed by atoms with E-state index in [4.69, 9.17) is 10.7 Å². The van der Waals surface area contributed by atoms with Crippen molar-refractivity contribution < 1.29 is 4.79 Å². The van der Waals surface area contributed by atoms with Crippen molar-refractivity contribution in [3.8, 4) is 6.07 Å². The van der Waals surface area contributed by atoms with E-state index in [-0.39, 0.29) is 11.9 Å². The second kappa shape index (κ2) is 8.21. The van der Waals surface area contributed by atoms with E-state index in [9.17, 15) is 10.1 Å². The maximum Gasteiger partial charge on any atom is 0.229 e. The van der Waals surface area contributed by atoms with E-state index in [1.807, 2.05) is 12.1 Å². The minimum Gasteiger partial charge on any atom is -0.399 e. The molecule has 1 atom stereocenters. The Morgan fingerprint density at radius 2 is 2.20 bits per heavy atom. The first-order valence-corrected chi connectivity index (χ1v) is 9.74. The smallest absolute Gasteiger partial charge is 0.229 e. The van der Waals surface area contributed by atoms with E-state index in [2.05, 4.69) is 31.6 Å². The Morgan fingerprint density at radius 1 is 1.33 bits per heavy atom. The van der Waals surface area contributed by atoms with Crippen molar-refractivity contribution >= 4 is 40.1 Å². The quantitative estimate of drug-likeness (QED) is 0.566. The molecule has 1 aromatic carbocycles. The number of nitrogens with zero attached hydrogens (tertiary/aromatic N) is 5. The molecule has 9 nitrogen and oxygen atoms in total. The number of anilines is 4. The van der Waals surface area contributed by atoms with Crippen LogP contribution in [0.15, 0.2) is 36.5 Å². The fraction of sp³-hybridized carbons (Fsp3) is 0.286. The molecule has 0 bridgehead atoms. The van der Waals surface area contributed by atoms with Crippen LogP contribution in [0.1, 0.15) is 25.3 Å². The number of rotatable bonds is 4. The number of pyridine rings is 1. The lowest BCUT2D eigenvalue weighted by Gasteiger charge is -2.34. The maximum atomic E-state index is 11.5. The number of nitrogens with two attached hydrogens (primary N) is 1. The van der Waals surface area contributed by atoms with Gasteiger partial charge in [0.25, 0.3) is 0 Å². The molecule has 3 heterocycles. The summed E-state index contributed by atoms with van der Waals surface area (Å²) in [6, 6.07) is 10.9. The Kier molecular flexibility index (Phi) is 5.30. The minimum absolute atomic E-state index is 0.0372. The summed E-state index contributed by atoms with van der Waals surface area (Å²) in [6.07, 6.45) is 3.58. The zero-order valence-corrected chi connectivity index (χ0v) is 16.6. The molecule has 0 spiro atoms. The summed E-state index contributed by atoms with van der Waals surface area (Å²) in [4.78, 5) is 27.4. The van der Waals surface area contributed by atoms with E-state index in [0.29, 0.717) is 46.3 Å². The summed E-state index contributed by atoms with van der Waals surface area (Å²) >= 11 is 0. The largest absolute Gasteiger partial charge is 0.399 e. The number of hydrogen-bond acceptors (Lipinski definition) is 8. The van der Waals surface area contributed by atoms with Gasteiger partial charge in [-0.15, -0.1) is 0 Å². The van der Waals surface area contributed by atoms with E-state index in [1.165, 1.54) is 6.92 Å². The normalized spacial score (nSPS) is 16.1. The summed E-state index contributed by atoms with van der Waals surface area (Å²) in [5, 5.41) is 15.3. The number of nitriles is 1. The highest BCUT2D eigenvalue weighted by Crippen LogP contribution is 2.28. The van der Waals surface area contributed by atoms with Gasteiger partial charge in [-0.2, -0.15) is 10.2 Å². The molecule has 0 radical (unpaired) electrons. The first-order chi connectivity index (χ1) is 14.5. The van der Waals surface area contributed by atoms with Crippen LogP contribution in [0.25, 0.3) is 11.0 Å². The van der Waals surface area contributed by atoms with E-state index < -0.39 is 0 Å². The molecule has 152 valence electrons. The summed E-state index contributed by atoms with van der Waals surface area (Å²) in [5.41, 5.74) is 8.87. The van der Waals surface area contributed by atoms with E-state index in [0.717, 1.165) is 19.4 Å².